The van der Waals surface area contributed by atoms with Gasteiger partial charge >= 0.3 is 0 Å². The Morgan fingerprint density at radius 3 is 2.94 bits per heavy atom. The molecule has 3 heterocycles. The van der Waals surface area contributed by atoms with Crippen molar-refractivity contribution in [1.29, 1.82) is 0 Å². The minimum Gasteiger partial charge on any atom is -0.297 e. The van der Waals surface area contributed by atoms with E-state index < -0.39 is 0 Å². The standard InChI is InChI=1S/C12H18N6/c1-3-12(9-18-11-13-10-15-18)16(5-1)7-8-17-6-2-4-14-17/h2,4,6,10-12H,1,3,5,7-9H2/t12-/m1/s1. The molecule has 0 radical (unpaired) electrons. The van der Waals surface area contributed by atoms with Crippen molar-refractivity contribution >= 4 is 0 Å². The summed E-state index contributed by atoms with van der Waals surface area (Å²) in [6, 6.07) is 2.55. The Balaban J connectivity index is 1.54. The third kappa shape index (κ3) is 2.59. The van der Waals surface area contributed by atoms with Gasteiger partial charge in [-0.25, -0.2) is 4.98 Å². The maximum atomic E-state index is 4.24. The van der Waals surface area contributed by atoms with Crippen molar-refractivity contribution in [1.82, 2.24) is 29.4 Å². The molecule has 1 aliphatic heterocycles. The number of likely N-dealkylation sites (tertiary alicyclic amines) is 1. The first-order valence-electron chi connectivity index (χ1n) is 6.46. The summed E-state index contributed by atoms with van der Waals surface area (Å²) in [7, 11) is 0. The van der Waals surface area contributed by atoms with Gasteiger partial charge in [0.1, 0.15) is 12.7 Å². The normalized spacial score (nSPS) is 20.6. The highest BCUT2D eigenvalue weighted by Gasteiger charge is 2.24. The quantitative estimate of drug-likeness (QED) is 0.777. The lowest BCUT2D eigenvalue weighted by atomic mass is 10.2. The molecule has 2 aromatic rings. The highest BCUT2D eigenvalue weighted by Crippen LogP contribution is 2.18. The Kier molecular flexibility index (Phi) is 3.36. The van der Waals surface area contributed by atoms with E-state index in [0.29, 0.717) is 6.04 Å². The maximum Gasteiger partial charge on any atom is 0.137 e. The smallest absolute Gasteiger partial charge is 0.137 e. The summed E-state index contributed by atoms with van der Waals surface area (Å²) < 4.78 is 3.92. The van der Waals surface area contributed by atoms with Crippen molar-refractivity contribution in [3.63, 3.8) is 0 Å². The molecule has 0 aliphatic carbocycles. The van der Waals surface area contributed by atoms with Crippen LogP contribution in [0.15, 0.2) is 31.1 Å². The molecule has 3 rings (SSSR count). The molecule has 0 N–H and O–H groups in total. The van der Waals surface area contributed by atoms with Crippen LogP contribution in [-0.4, -0.2) is 48.6 Å². The third-order valence-corrected chi connectivity index (χ3v) is 3.54. The molecular weight excluding hydrogens is 228 g/mol. The topological polar surface area (TPSA) is 51.8 Å². The van der Waals surface area contributed by atoms with E-state index in [2.05, 4.69) is 20.1 Å². The largest absolute Gasteiger partial charge is 0.297 e. The summed E-state index contributed by atoms with van der Waals surface area (Å²) in [6.45, 7) is 4.14. The van der Waals surface area contributed by atoms with Crippen molar-refractivity contribution in [2.45, 2.75) is 32.0 Å². The van der Waals surface area contributed by atoms with E-state index >= 15 is 0 Å². The molecule has 1 atom stereocenters. The molecule has 0 bridgehead atoms. The summed E-state index contributed by atoms with van der Waals surface area (Å²) in [5.41, 5.74) is 0. The van der Waals surface area contributed by atoms with Gasteiger partial charge in [0.15, 0.2) is 0 Å². The van der Waals surface area contributed by atoms with Crippen LogP contribution in [0, 0.1) is 0 Å². The van der Waals surface area contributed by atoms with Gasteiger partial charge in [-0.3, -0.25) is 14.3 Å². The molecule has 1 aliphatic rings. The van der Waals surface area contributed by atoms with E-state index in [1.165, 1.54) is 19.4 Å². The van der Waals surface area contributed by atoms with Crippen LogP contribution in [0.3, 0.4) is 0 Å². The summed E-state index contributed by atoms with van der Waals surface area (Å²) in [5.74, 6) is 0. The summed E-state index contributed by atoms with van der Waals surface area (Å²) in [4.78, 5) is 6.53. The maximum absolute atomic E-state index is 4.24. The van der Waals surface area contributed by atoms with Crippen molar-refractivity contribution in [3.05, 3.63) is 31.1 Å². The lowest BCUT2D eigenvalue weighted by Crippen LogP contribution is -2.35. The molecule has 0 amide bonds. The van der Waals surface area contributed by atoms with Crippen LogP contribution in [0.4, 0.5) is 0 Å². The van der Waals surface area contributed by atoms with Crippen LogP contribution in [0.5, 0.6) is 0 Å². The Morgan fingerprint density at radius 2 is 2.17 bits per heavy atom. The van der Waals surface area contributed by atoms with Crippen molar-refractivity contribution in [2.75, 3.05) is 13.1 Å². The van der Waals surface area contributed by atoms with Gasteiger partial charge in [-0.2, -0.15) is 10.2 Å². The molecule has 1 saturated heterocycles. The van der Waals surface area contributed by atoms with E-state index in [-0.39, 0.29) is 0 Å². The molecule has 96 valence electrons. The van der Waals surface area contributed by atoms with Crippen LogP contribution < -0.4 is 0 Å². The second-order valence-corrected chi connectivity index (χ2v) is 4.72. The summed E-state index contributed by atoms with van der Waals surface area (Å²) >= 11 is 0. The molecule has 0 unspecified atom stereocenters. The van der Waals surface area contributed by atoms with E-state index in [0.717, 1.165) is 19.6 Å². The fourth-order valence-electron chi connectivity index (χ4n) is 2.60. The fourth-order valence-corrected chi connectivity index (χ4v) is 2.60. The van der Waals surface area contributed by atoms with Crippen LogP contribution in [0.2, 0.25) is 0 Å². The average molecular weight is 246 g/mol. The first-order chi connectivity index (χ1) is 8.92. The van der Waals surface area contributed by atoms with Crippen LogP contribution >= 0.6 is 0 Å². The zero-order valence-corrected chi connectivity index (χ0v) is 10.4. The summed E-state index contributed by atoms with van der Waals surface area (Å²) in [5, 5.41) is 8.43. The van der Waals surface area contributed by atoms with Gasteiger partial charge in [0.05, 0.1) is 13.1 Å². The molecule has 0 saturated carbocycles. The zero-order chi connectivity index (χ0) is 12.2. The highest BCUT2D eigenvalue weighted by molar-refractivity contribution is 4.81. The van der Waals surface area contributed by atoms with Gasteiger partial charge < -0.3 is 0 Å². The number of hydrogen-bond acceptors (Lipinski definition) is 4. The van der Waals surface area contributed by atoms with Crippen molar-refractivity contribution < 1.29 is 0 Å². The molecule has 6 nitrogen and oxygen atoms in total. The van der Waals surface area contributed by atoms with Gasteiger partial charge in [0.25, 0.3) is 0 Å². The Labute approximate surface area is 106 Å². The number of hydrogen-bond donors (Lipinski definition) is 0. The SMILES string of the molecule is c1cnn(CCN2CCC[C@@H]2Cn2cncn2)c1. The minimum absolute atomic E-state index is 0.585. The molecule has 1 fully saturated rings. The monoisotopic (exact) mass is 246 g/mol. The average Bonchev–Trinajstić information content (AvgIpc) is 3.10. The molecule has 2 aromatic heterocycles. The predicted molar refractivity (Wildman–Crippen MR) is 66.8 cm³/mol. The van der Waals surface area contributed by atoms with Gasteiger partial charge in [-0.15, -0.1) is 0 Å². The van der Waals surface area contributed by atoms with Crippen molar-refractivity contribution in [3.8, 4) is 0 Å². The minimum atomic E-state index is 0.585. The van der Waals surface area contributed by atoms with Gasteiger partial charge in [0.2, 0.25) is 0 Å². The molecular formula is C12H18N6. The Morgan fingerprint density at radius 1 is 1.17 bits per heavy atom. The van der Waals surface area contributed by atoms with Crippen molar-refractivity contribution in [2.24, 2.45) is 0 Å². The number of rotatable bonds is 5. The highest BCUT2D eigenvalue weighted by atomic mass is 15.3. The predicted octanol–water partition coefficient (Wildman–Crippen LogP) is 0.639. The lowest BCUT2D eigenvalue weighted by molar-refractivity contribution is 0.216. The summed E-state index contributed by atoms with van der Waals surface area (Å²) in [6.07, 6.45) is 9.77. The third-order valence-electron chi connectivity index (χ3n) is 3.54. The van der Waals surface area contributed by atoms with Gasteiger partial charge in [-0.05, 0) is 25.5 Å². The molecule has 0 spiro atoms. The fraction of sp³-hybridized carbons (Fsp3) is 0.583. The molecule has 18 heavy (non-hydrogen) atoms. The van der Waals surface area contributed by atoms with Crippen LogP contribution in [-0.2, 0) is 13.1 Å². The van der Waals surface area contributed by atoms with Crippen LogP contribution in [0.25, 0.3) is 0 Å². The lowest BCUT2D eigenvalue weighted by Gasteiger charge is -2.24. The molecule has 6 heteroatoms. The van der Waals surface area contributed by atoms with Gasteiger partial charge in [-0.1, -0.05) is 0 Å². The number of aromatic nitrogens is 5. The van der Waals surface area contributed by atoms with E-state index in [4.69, 9.17) is 0 Å². The second-order valence-electron chi connectivity index (χ2n) is 4.72. The first-order valence-corrected chi connectivity index (χ1v) is 6.46. The van der Waals surface area contributed by atoms with Gasteiger partial charge in [0, 0.05) is 25.0 Å². The Hall–Kier alpha value is -1.69. The zero-order valence-electron chi connectivity index (χ0n) is 10.4. The first kappa shape index (κ1) is 11.4. The van der Waals surface area contributed by atoms with E-state index in [9.17, 15) is 0 Å². The Bertz CT molecular complexity index is 449. The number of nitrogens with zero attached hydrogens (tertiary/aromatic N) is 6. The molecule has 0 aromatic carbocycles. The van der Waals surface area contributed by atoms with E-state index in [1.54, 1.807) is 12.7 Å². The van der Waals surface area contributed by atoms with E-state index in [1.807, 2.05) is 27.8 Å². The van der Waals surface area contributed by atoms with Crippen LogP contribution in [0.1, 0.15) is 12.8 Å². The second kappa shape index (κ2) is 5.30.